The van der Waals surface area contributed by atoms with E-state index in [-0.39, 0.29) is 11.8 Å². The number of hydrogen-bond acceptors (Lipinski definition) is 2. The van der Waals surface area contributed by atoms with Gasteiger partial charge in [0, 0.05) is 25.0 Å². The van der Waals surface area contributed by atoms with Crippen LogP contribution in [0, 0.1) is 17.3 Å². The second kappa shape index (κ2) is 8.02. The van der Waals surface area contributed by atoms with E-state index in [1.165, 1.54) is 19.3 Å². The number of hydrogen-bond donors (Lipinski definition) is 2. The van der Waals surface area contributed by atoms with Crippen LogP contribution in [0.3, 0.4) is 0 Å². The highest BCUT2D eigenvalue weighted by Gasteiger charge is 2.28. The van der Waals surface area contributed by atoms with Crippen molar-refractivity contribution in [1.82, 2.24) is 10.6 Å². The lowest BCUT2D eigenvalue weighted by Gasteiger charge is -2.32. The number of rotatable bonds is 6. The first-order chi connectivity index (χ1) is 9.28. The van der Waals surface area contributed by atoms with E-state index in [0.29, 0.717) is 11.5 Å². The largest absolute Gasteiger partial charge is 0.355 e. The molecule has 1 fully saturated rings. The standard InChI is InChI=1S/C17H34N2O/c1-13(2)18-10-11-19-16(20)15-8-6-14(7-9-15)12-17(3,4)5/h13-15,18H,6-12H2,1-5H3,(H,19,20). The molecule has 0 aliphatic heterocycles. The molecule has 0 radical (unpaired) electrons. The Balaban J connectivity index is 2.19. The minimum atomic E-state index is 0.255. The highest BCUT2D eigenvalue weighted by Crippen LogP contribution is 2.36. The maximum Gasteiger partial charge on any atom is 0.223 e. The minimum Gasteiger partial charge on any atom is -0.355 e. The Bertz CT molecular complexity index is 286. The Morgan fingerprint density at radius 1 is 1.10 bits per heavy atom. The summed E-state index contributed by atoms with van der Waals surface area (Å²) in [6.07, 6.45) is 5.88. The Morgan fingerprint density at radius 3 is 2.20 bits per heavy atom. The lowest BCUT2D eigenvalue weighted by atomic mass is 9.74. The van der Waals surface area contributed by atoms with Crippen LogP contribution in [-0.4, -0.2) is 25.0 Å². The van der Waals surface area contributed by atoms with Crippen molar-refractivity contribution in [2.75, 3.05) is 13.1 Å². The minimum absolute atomic E-state index is 0.255. The fourth-order valence-electron chi connectivity index (χ4n) is 3.19. The van der Waals surface area contributed by atoms with E-state index in [4.69, 9.17) is 0 Å². The molecule has 2 N–H and O–H groups in total. The molecule has 1 aliphatic rings. The van der Waals surface area contributed by atoms with Crippen LogP contribution >= 0.6 is 0 Å². The smallest absolute Gasteiger partial charge is 0.223 e. The van der Waals surface area contributed by atoms with Crippen LogP contribution in [-0.2, 0) is 4.79 Å². The summed E-state index contributed by atoms with van der Waals surface area (Å²) >= 11 is 0. The van der Waals surface area contributed by atoms with Gasteiger partial charge in [0.15, 0.2) is 0 Å². The van der Waals surface area contributed by atoms with E-state index in [1.807, 2.05) is 0 Å². The van der Waals surface area contributed by atoms with Crippen molar-refractivity contribution in [2.45, 2.75) is 72.8 Å². The first-order valence-corrected chi connectivity index (χ1v) is 8.29. The molecule has 1 aliphatic carbocycles. The van der Waals surface area contributed by atoms with Crippen LogP contribution in [0.2, 0.25) is 0 Å². The van der Waals surface area contributed by atoms with Gasteiger partial charge in [-0.25, -0.2) is 0 Å². The molecule has 118 valence electrons. The number of amides is 1. The van der Waals surface area contributed by atoms with Crippen LogP contribution in [0.1, 0.15) is 66.7 Å². The van der Waals surface area contributed by atoms with Gasteiger partial charge in [-0.2, -0.15) is 0 Å². The number of carbonyl (C=O) groups excluding carboxylic acids is 1. The number of nitrogens with one attached hydrogen (secondary N) is 2. The predicted octanol–water partition coefficient (Wildman–Crippen LogP) is 3.34. The van der Waals surface area contributed by atoms with Crippen LogP contribution in [0.4, 0.5) is 0 Å². The molecule has 0 saturated heterocycles. The predicted molar refractivity (Wildman–Crippen MR) is 85.7 cm³/mol. The Kier molecular flexibility index (Phi) is 7.01. The summed E-state index contributed by atoms with van der Waals surface area (Å²) in [7, 11) is 0. The summed E-state index contributed by atoms with van der Waals surface area (Å²) in [4.78, 5) is 12.1. The molecule has 0 aromatic carbocycles. The molecule has 1 rings (SSSR count). The van der Waals surface area contributed by atoms with Gasteiger partial charge >= 0.3 is 0 Å². The van der Waals surface area contributed by atoms with Gasteiger partial charge < -0.3 is 10.6 Å². The third kappa shape index (κ3) is 7.28. The highest BCUT2D eigenvalue weighted by molar-refractivity contribution is 5.78. The van der Waals surface area contributed by atoms with Gasteiger partial charge in [0.05, 0.1) is 0 Å². The van der Waals surface area contributed by atoms with Gasteiger partial charge in [0.2, 0.25) is 5.91 Å². The maximum absolute atomic E-state index is 12.1. The fraction of sp³-hybridized carbons (Fsp3) is 0.941. The molecule has 1 amide bonds. The summed E-state index contributed by atoms with van der Waals surface area (Å²) in [5.74, 6) is 1.34. The van der Waals surface area contributed by atoms with Crippen LogP contribution < -0.4 is 10.6 Å². The molecule has 0 aromatic heterocycles. The van der Waals surface area contributed by atoms with Crippen LogP contribution in [0.5, 0.6) is 0 Å². The van der Waals surface area contributed by atoms with Crippen molar-refractivity contribution in [3.05, 3.63) is 0 Å². The second-order valence-corrected chi connectivity index (χ2v) is 7.88. The molecule has 20 heavy (non-hydrogen) atoms. The van der Waals surface area contributed by atoms with Crippen LogP contribution in [0.15, 0.2) is 0 Å². The van der Waals surface area contributed by atoms with Crippen LogP contribution in [0.25, 0.3) is 0 Å². The van der Waals surface area contributed by atoms with E-state index in [0.717, 1.165) is 31.8 Å². The van der Waals surface area contributed by atoms with E-state index in [1.54, 1.807) is 0 Å². The average Bonchev–Trinajstić information content (AvgIpc) is 2.33. The third-order valence-electron chi connectivity index (χ3n) is 4.10. The van der Waals surface area contributed by atoms with Crippen molar-refractivity contribution < 1.29 is 4.79 Å². The maximum atomic E-state index is 12.1. The molecular formula is C17H34N2O. The molecule has 0 atom stereocenters. The van der Waals surface area contributed by atoms with Gasteiger partial charge in [-0.05, 0) is 43.4 Å². The van der Waals surface area contributed by atoms with Crippen molar-refractivity contribution in [3.8, 4) is 0 Å². The topological polar surface area (TPSA) is 41.1 Å². The van der Waals surface area contributed by atoms with Crippen molar-refractivity contribution in [1.29, 1.82) is 0 Å². The van der Waals surface area contributed by atoms with Crippen molar-refractivity contribution in [3.63, 3.8) is 0 Å². The molecule has 0 heterocycles. The molecule has 3 heteroatoms. The van der Waals surface area contributed by atoms with Gasteiger partial charge in [-0.1, -0.05) is 34.6 Å². The summed E-state index contributed by atoms with van der Waals surface area (Å²) in [5, 5.41) is 6.39. The molecule has 0 aromatic rings. The molecule has 0 unspecified atom stereocenters. The Morgan fingerprint density at radius 2 is 1.70 bits per heavy atom. The molecule has 3 nitrogen and oxygen atoms in total. The summed E-state index contributed by atoms with van der Waals surface area (Å²) in [6, 6.07) is 0.486. The van der Waals surface area contributed by atoms with Crippen molar-refractivity contribution in [2.24, 2.45) is 17.3 Å². The summed E-state index contributed by atoms with van der Waals surface area (Å²) in [6.45, 7) is 12.8. The monoisotopic (exact) mass is 282 g/mol. The normalized spacial score (nSPS) is 23.9. The Hall–Kier alpha value is -0.570. The van der Waals surface area contributed by atoms with Gasteiger partial charge in [-0.15, -0.1) is 0 Å². The van der Waals surface area contributed by atoms with E-state index < -0.39 is 0 Å². The van der Waals surface area contributed by atoms with E-state index in [9.17, 15) is 4.79 Å². The van der Waals surface area contributed by atoms with Gasteiger partial charge in [-0.3, -0.25) is 4.79 Å². The lowest BCUT2D eigenvalue weighted by molar-refractivity contribution is -0.126. The summed E-state index contributed by atoms with van der Waals surface area (Å²) < 4.78 is 0. The fourth-order valence-corrected chi connectivity index (χ4v) is 3.19. The van der Waals surface area contributed by atoms with Gasteiger partial charge in [0.25, 0.3) is 0 Å². The molecular weight excluding hydrogens is 248 g/mol. The second-order valence-electron chi connectivity index (χ2n) is 7.88. The highest BCUT2D eigenvalue weighted by atomic mass is 16.1. The van der Waals surface area contributed by atoms with Gasteiger partial charge in [0.1, 0.15) is 0 Å². The molecule has 0 bridgehead atoms. The van der Waals surface area contributed by atoms with E-state index in [2.05, 4.69) is 45.3 Å². The Labute approximate surface area is 125 Å². The molecule has 0 spiro atoms. The SMILES string of the molecule is CC(C)NCCNC(=O)C1CCC(CC(C)(C)C)CC1. The number of carbonyl (C=O) groups is 1. The zero-order chi connectivity index (χ0) is 15.2. The van der Waals surface area contributed by atoms with E-state index >= 15 is 0 Å². The first-order valence-electron chi connectivity index (χ1n) is 8.29. The zero-order valence-electron chi connectivity index (χ0n) is 14.1. The van der Waals surface area contributed by atoms with Crippen molar-refractivity contribution >= 4 is 5.91 Å². The lowest BCUT2D eigenvalue weighted by Crippen LogP contribution is -2.38. The first kappa shape index (κ1) is 17.5. The zero-order valence-corrected chi connectivity index (χ0v) is 14.1. The third-order valence-corrected chi connectivity index (χ3v) is 4.10. The summed E-state index contributed by atoms with van der Waals surface area (Å²) in [5.41, 5.74) is 0.419. The molecule has 1 saturated carbocycles. The average molecular weight is 282 g/mol. The quantitative estimate of drug-likeness (QED) is 0.734.